The average molecular weight is 314 g/mol. The Morgan fingerprint density at radius 1 is 1.44 bits per heavy atom. The molecule has 1 aliphatic rings. The molecule has 0 saturated heterocycles. The molecule has 4 heteroatoms. The first-order chi connectivity index (χ1) is 8.56. The second kappa shape index (κ2) is 5.83. The number of carbonyl (C=O) groups is 1. The van der Waals surface area contributed by atoms with Gasteiger partial charge in [-0.25, -0.2) is 4.39 Å². The van der Waals surface area contributed by atoms with E-state index in [1.165, 1.54) is 31.0 Å². The molecular formula is C14H17BrFNO. The molecule has 0 aliphatic heterocycles. The molecule has 1 saturated carbocycles. The Kier molecular flexibility index (Phi) is 4.38. The molecule has 1 aliphatic carbocycles. The van der Waals surface area contributed by atoms with Crippen LogP contribution in [0.3, 0.4) is 0 Å². The van der Waals surface area contributed by atoms with Crippen molar-refractivity contribution < 1.29 is 9.18 Å². The number of amides is 1. The summed E-state index contributed by atoms with van der Waals surface area (Å²) in [5.74, 6) is 0.205. The summed E-state index contributed by atoms with van der Waals surface area (Å²) in [6, 6.07) is 4.60. The normalized spacial score (nSPS) is 23.7. The van der Waals surface area contributed by atoms with E-state index in [1.54, 1.807) is 0 Å². The summed E-state index contributed by atoms with van der Waals surface area (Å²) in [5.41, 5.74) is 0.501. The summed E-state index contributed by atoms with van der Waals surface area (Å²) in [6.45, 7) is 2.22. The minimum atomic E-state index is -0.349. The van der Waals surface area contributed by atoms with Gasteiger partial charge in [-0.3, -0.25) is 4.79 Å². The second-order valence-electron chi connectivity index (χ2n) is 5.07. The Hall–Kier alpha value is -0.900. The van der Waals surface area contributed by atoms with E-state index >= 15 is 0 Å². The lowest BCUT2D eigenvalue weighted by atomic mass is 9.87. The SMILES string of the molecule is CC1CCCC(NC(=O)c2ccc(F)c(Br)c2)C1. The molecule has 1 aromatic rings. The van der Waals surface area contributed by atoms with Crippen molar-refractivity contribution in [2.24, 2.45) is 5.92 Å². The smallest absolute Gasteiger partial charge is 0.251 e. The van der Waals surface area contributed by atoms with Crippen molar-refractivity contribution in [2.75, 3.05) is 0 Å². The van der Waals surface area contributed by atoms with Gasteiger partial charge in [0.05, 0.1) is 4.47 Å². The highest BCUT2D eigenvalue weighted by molar-refractivity contribution is 9.10. The van der Waals surface area contributed by atoms with Crippen molar-refractivity contribution in [1.82, 2.24) is 5.32 Å². The summed E-state index contributed by atoms with van der Waals surface area (Å²) < 4.78 is 13.4. The summed E-state index contributed by atoms with van der Waals surface area (Å²) in [6.07, 6.45) is 4.49. The lowest BCUT2D eigenvalue weighted by Gasteiger charge is -2.27. The number of benzene rings is 1. The van der Waals surface area contributed by atoms with Gasteiger partial charge in [0.2, 0.25) is 0 Å². The van der Waals surface area contributed by atoms with Crippen molar-refractivity contribution in [3.63, 3.8) is 0 Å². The molecule has 2 nitrogen and oxygen atoms in total. The van der Waals surface area contributed by atoms with Gasteiger partial charge in [-0.1, -0.05) is 19.8 Å². The van der Waals surface area contributed by atoms with E-state index in [0.29, 0.717) is 16.0 Å². The van der Waals surface area contributed by atoms with Crippen LogP contribution in [-0.4, -0.2) is 11.9 Å². The molecule has 2 unspecified atom stereocenters. The molecule has 1 amide bonds. The van der Waals surface area contributed by atoms with E-state index in [9.17, 15) is 9.18 Å². The van der Waals surface area contributed by atoms with Crippen LogP contribution in [0.1, 0.15) is 43.0 Å². The number of nitrogens with one attached hydrogen (secondary N) is 1. The fourth-order valence-corrected chi connectivity index (χ4v) is 2.85. The number of hydrogen-bond donors (Lipinski definition) is 1. The first-order valence-electron chi connectivity index (χ1n) is 6.32. The van der Waals surface area contributed by atoms with Crippen molar-refractivity contribution >= 4 is 21.8 Å². The van der Waals surface area contributed by atoms with Gasteiger partial charge in [0, 0.05) is 11.6 Å². The van der Waals surface area contributed by atoms with Gasteiger partial charge >= 0.3 is 0 Å². The number of carbonyl (C=O) groups excluding carboxylic acids is 1. The van der Waals surface area contributed by atoms with Crippen LogP contribution in [0.2, 0.25) is 0 Å². The standard InChI is InChI=1S/C14H17BrFNO/c1-9-3-2-4-11(7-9)17-14(18)10-5-6-13(16)12(15)8-10/h5-6,8-9,11H,2-4,7H2,1H3,(H,17,18). The average Bonchev–Trinajstić information content (AvgIpc) is 2.32. The minimum absolute atomic E-state index is 0.116. The zero-order valence-corrected chi connectivity index (χ0v) is 12.0. The monoisotopic (exact) mass is 313 g/mol. The van der Waals surface area contributed by atoms with Crippen LogP contribution in [0.15, 0.2) is 22.7 Å². The Bertz CT molecular complexity index is 449. The lowest BCUT2D eigenvalue weighted by Crippen LogP contribution is -2.37. The summed E-state index contributed by atoms with van der Waals surface area (Å²) in [7, 11) is 0. The second-order valence-corrected chi connectivity index (χ2v) is 5.93. The largest absolute Gasteiger partial charge is 0.349 e. The Morgan fingerprint density at radius 3 is 2.89 bits per heavy atom. The van der Waals surface area contributed by atoms with Crippen LogP contribution in [0.25, 0.3) is 0 Å². The first-order valence-corrected chi connectivity index (χ1v) is 7.11. The molecule has 0 aromatic heterocycles. The Balaban J connectivity index is 2.00. The van der Waals surface area contributed by atoms with Crippen molar-refractivity contribution in [3.05, 3.63) is 34.1 Å². The quantitative estimate of drug-likeness (QED) is 0.881. The molecule has 0 heterocycles. The zero-order chi connectivity index (χ0) is 13.1. The molecule has 2 rings (SSSR count). The van der Waals surface area contributed by atoms with E-state index in [1.807, 2.05) is 0 Å². The minimum Gasteiger partial charge on any atom is -0.349 e. The molecule has 98 valence electrons. The van der Waals surface area contributed by atoms with Crippen molar-refractivity contribution in [1.29, 1.82) is 0 Å². The number of rotatable bonds is 2. The molecule has 18 heavy (non-hydrogen) atoms. The zero-order valence-electron chi connectivity index (χ0n) is 10.4. The van der Waals surface area contributed by atoms with Gasteiger partial charge in [0.15, 0.2) is 0 Å². The predicted octanol–water partition coefficient (Wildman–Crippen LogP) is 3.90. The maximum Gasteiger partial charge on any atom is 0.251 e. The fourth-order valence-electron chi connectivity index (χ4n) is 2.47. The lowest BCUT2D eigenvalue weighted by molar-refractivity contribution is 0.0921. The highest BCUT2D eigenvalue weighted by Gasteiger charge is 2.21. The number of hydrogen-bond acceptors (Lipinski definition) is 1. The molecule has 1 fully saturated rings. The molecule has 1 aromatic carbocycles. The Labute approximate surface area is 115 Å². The van der Waals surface area contributed by atoms with Crippen LogP contribution in [0, 0.1) is 11.7 Å². The fraction of sp³-hybridized carbons (Fsp3) is 0.500. The van der Waals surface area contributed by atoms with Crippen LogP contribution in [0.4, 0.5) is 4.39 Å². The van der Waals surface area contributed by atoms with Crippen LogP contribution < -0.4 is 5.32 Å². The maximum absolute atomic E-state index is 13.1. The van der Waals surface area contributed by atoms with Gasteiger partial charge in [0.1, 0.15) is 5.82 Å². The third kappa shape index (κ3) is 3.31. The first kappa shape index (κ1) is 13.5. The highest BCUT2D eigenvalue weighted by atomic mass is 79.9. The van der Waals surface area contributed by atoms with Crippen LogP contribution in [0.5, 0.6) is 0 Å². The molecule has 0 bridgehead atoms. The highest BCUT2D eigenvalue weighted by Crippen LogP contribution is 2.24. The predicted molar refractivity (Wildman–Crippen MR) is 73.0 cm³/mol. The van der Waals surface area contributed by atoms with Crippen LogP contribution >= 0.6 is 15.9 Å². The molecule has 2 atom stereocenters. The van der Waals surface area contributed by atoms with Crippen LogP contribution in [-0.2, 0) is 0 Å². The molecular weight excluding hydrogens is 297 g/mol. The van der Waals surface area contributed by atoms with Gasteiger partial charge < -0.3 is 5.32 Å². The van der Waals surface area contributed by atoms with E-state index in [2.05, 4.69) is 28.2 Å². The molecule has 0 spiro atoms. The van der Waals surface area contributed by atoms with Gasteiger partial charge in [-0.2, -0.15) is 0 Å². The third-order valence-corrected chi connectivity index (χ3v) is 4.06. The van der Waals surface area contributed by atoms with E-state index in [4.69, 9.17) is 0 Å². The topological polar surface area (TPSA) is 29.1 Å². The van der Waals surface area contributed by atoms with E-state index in [-0.39, 0.29) is 17.8 Å². The van der Waals surface area contributed by atoms with Gasteiger partial charge in [-0.15, -0.1) is 0 Å². The summed E-state index contributed by atoms with van der Waals surface area (Å²) >= 11 is 3.09. The summed E-state index contributed by atoms with van der Waals surface area (Å²) in [5, 5.41) is 3.03. The van der Waals surface area contributed by atoms with Crippen molar-refractivity contribution in [3.8, 4) is 0 Å². The third-order valence-electron chi connectivity index (χ3n) is 3.45. The Morgan fingerprint density at radius 2 is 2.22 bits per heavy atom. The van der Waals surface area contributed by atoms with E-state index in [0.717, 1.165) is 12.8 Å². The summed E-state index contributed by atoms with van der Waals surface area (Å²) in [4.78, 5) is 12.0. The van der Waals surface area contributed by atoms with Crippen molar-refractivity contribution in [2.45, 2.75) is 38.6 Å². The van der Waals surface area contributed by atoms with Gasteiger partial charge in [0.25, 0.3) is 5.91 Å². The maximum atomic E-state index is 13.1. The van der Waals surface area contributed by atoms with Gasteiger partial charge in [-0.05, 0) is 52.9 Å². The van der Waals surface area contributed by atoms with E-state index < -0.39 is 0 Å². The number of halogens is 2. The molecule has 1 N–H and O–H groups in total. The molecule has 0 radical (unpaired) electrons.